The molecule has 1 atom stereocenters. The summed E-state index contributed by atoms with van der Waals surface area (Å²) in [6.45, 7) is 1.70. The Labute approximate surface area is 120 Å². The molecule has 1 unspecified atom stereocenters. The van der Waals surface area contributed by atoms with Gasteiger partial charge in [0.15, 0.2) is 11.6 Å². The number of hydrogen-bond acceptors (Lipinski definition) is 1. The van der Waals surface area contributed by atoms with Gasteiger partial charge in [-0.25, -0.2) is 13.2 Å². The number of carbonyl (C=O) groups is 1. The van der Waals surface area contributed by atoms with Crippen molar-refractivity contribution in [2.24, 2.45) is 0 Å². The number of rotatable bonds is 3. The Hall–Kier alpha value is -2.30. The zero-order valence-corrected chi connectivity index (χ0v) is 11.6. The van der Waals surface area contributed by atoms with Crippen LogP contribution in [0, 0.1) is 17.5 Å². The molecular formula is C16H14F3NO. The number of amides is 1. The summed E-state index contributed by atoms with van der Waals surface area (Å²) in [5.41, 5.74) is 0.806. The van der Waals surface area contributed by atoms with Gasteiger partial charge in [0.2, 0.25) is 0 Å². The summed E-state index contributed by atoms with van der Waals surface area (Å²) in [6, 6.07) is 8.23. The smallest absolute Gasteiger partial charge is 0.254 e. The van der Waals surface area contributed by atoms with Crippen molar-refractivity contribution in [1.82, 2.24) is 4.90 Å². The predicted molar refractivity (Wildman–Crippen MR) is 73.3 cm³/mol. The van der Waals surface area contributed by atoms with E-state index >= 15 is 0 Å². The second kappa shape index (κ2) is 5.99. The lowest BCUT2D eigenvalue weighted by atomic mass is 10.1. The Balaban J connectivity index is 2.21. The Morgan fingerprint density at radius 3 is 2.19 bits per heavy atom. The third kappa shape index (κ3) is 3.24. The molecule has 0 N–H and O–H groups in total. The standard InChI is InChI=1S/C16H14F3NO/c1-10(12-5-8-14(18)15(19)9-12)20(2)16(21)11-3-6-13(17)7-4-11/h3-10H,1-2H3. The summed E-state index contributed by atoms with van der Waals surface area (Å²) in [5, 5.41) is 0. The molecule has 0 radical (unpaired) electrons. The molecule has 2 aromatic rings. The molecule has 110 valence electrons. The van der Waals surface area contributed by atoms with E-state index in [1.54, 1.807) is 14.0 Å². The van der Waals surface area contributed by atoms with Gasteiger partial charge in [-0.3, -0.25) is 4.79 Å². The van der Waals surface area contributed by atoms with Crippen molar-refractivity contribution < 1.29 is 18.0 Å². The molecule has 2 rings (SSSR count). The molecule has 0 aliphatic heterocycles. The Morgan fingerprint density at radius 1 is 1.00 bits per heavy atom. The number of carbonyl (C=O) groups excluding carboxylic acids is 1. The van der Waals surface area contributed by atoms with Crippen molar-refractivity contribution in [2.45, 2.75) is 13.0 Å². The third-order valence-electron chi connectivity index (χ3n) is 3.42. The molecule has 2 aromatic carbocycles. The van der Waals surface area contributed by atoms with Crippen LogP contribution in [0.25, 0.3) is 0 Å². The van der Waals surface area contributed by atoms with Gasteiger partial charge in [0, 0.05) is 12.6 Å². The predicted octanol–water partition coefficient (Wildman–Crippen LogP) is 3.94. The minimum atomic E-state index is -0.956. The molecule has 0 saturated heterocycles. The Kier molecular flexibility index (Phi) is 4.31. The Bertz CT molecular complexity index is 655. The minimum Gasteiger partial charge on any atom is -0.335 e. The largest absolute Gasteiger partial charge is 0.335 e. The van der Waals surface area contributed by atoms with E-state index in [2.05, 4.69) is 0 Å². The first-order valence-electron chi connectivity index (χ1n) is 6.38. The fourth-order valence-corrected chi connectivity index (χ4v) is 1.97. The fraction of sp³-hybridized carbons (Fsp3) is 0.188. The van der Waals surface area contributed by atoms with Gasteiger partial charge in [-0.1, -0.05) is 6.07 Å². The van der Waals surface area contributed by atoms with E-state index in [1.807, 2.05) is 0 Å². The van der Waals surface area contributed by atoms with Crippen molar-refractivity contribution in [3.05, 3.63) is 71.0 Å². The van der Waals surface area contributed by atoms with Gasteiger partial charge in [0.05, 0.1) is 6.04 Å². The lowest BCUT2D eigenvalue weighted by Crippen LogP contribution is -2.29. The van der Waals surface area contributed by atoms with Gasteiger partial charge in [-0.05, 0) is 48.9 Å². The van der Waals surface area contributed by atoms with E-state index in [0.717, 1.165) is 12.1 Å². The van der Waals surface area contributed by atoms with Crippen LogP contribution in [-0.2, 0) is 0 Å². The molecule has 0 aliphatic rings. The van der Waals surface area contributed by atoms with Gasteiger partial charge in [-0.2, -0.15) is 0 Å². The highest BCUT2D eigenvalue weighted by atomic mass is 19.2. The van der Waals surface area contributed by atoms with E-state index < -0.39 is 23.5 Å². The molecule has 0 aromatic heterocycles. The summed E-state index contributed by atoms with van der Waals surface area (Å²) in [5.74, 6) is -2.64. The Morgan fingerprint density at radius 2 is 1.62 bits per heavy atom. The first-order valence-corrected chi connectivity index (χ1v) is 6.38. The maximum atomic E-state index is 13.3. The highest BCUT2D eigenvalue weighted by Crippen LogP contribution is 2.22. The maximum Gasteiger partial charge on any atom is 0.254 e. The van der Waals surface area contributed by atoms with Gasteiger partial charge in [0.25, 0.3) is 5.91 Å². The summed E-state index contributed by atoms with van der Waals surface area (Å²) >= 11 is 0. The molecule has 0 saturated carbocycles. The van der Waals surface area contributed by atoms with Gasteiger partial charge < -0.3 is 4.90 Å². The highest BCUT2D eigenvalue weighted by Gasteiger charge is 2.20. The average molecular weight is 293 g/mol. The average Bonchev–Trinajstić information content (AvgIpc) is 2.48. The van der Waals surface area contributed by atoms with E-state index in [-0.39, 0.29) is 5.91 Å². The van der Waals surface area contributed by atoms with Crippen LogP contribution in [0.4, 0.5) is 13.2 Å². The molecule has 0 heterocycles. The minimum absolute atomic E-state index is 0.327. The van der Waals surface area contributed by atoms with Crippen LogP contribution in [-0.4, -0.2) is 17.9 Å². The van der Waals surface area contributed by atoms with Crippen molar-refractivity contribution >= 4 is 5.91 Å². The molecule has 0 aliphatic carbocycles. The van der Waals surface area contributed by atoms with Crippen LogP contribution >= 0.6 is 0 Å². The number of benzene rings is 2. The lowest BCUT2D eigenvalue weighted by molar-refractivity contribution is 0.0742. The molecular weight excluding hydrogens is 279 g/mol. The van der Waals surface area contributed by atoms with Crippen LogP contribution in [0.2, 0.25) is 0 Å². The molecule has 5 heteroatoms. The van der Waals surface area contributed by atoms with Crippen LogP contribution in [0.3, 0.4) is 0 Å². The van der Waals surface area contributed by atoms with Crippen LogP contribution in [0.5, 0.6) is 0 Å². The van der Waals surface area contributed by atoms with E-state index in [0.29, 0.717) is 11.1 Å². The van der Waals surface area contributed by atoms with E-state index in [1.165, 1.54) is 35.2 Å². The van der Waals surface area contributed by atoms with Gasteiger partial charge in [0.1, 0.15) is 5.82 Å². The second-order valence-electron chi connectivity index (χ2n) is 4.77. The van der Waals surface area contributed by atoms with E-state index in [4.69, 9.17) is 0 Å². The van der Waals surface area contributed by atoms with Crippen molar-refractivity contribution in [1.29, 1.82) is 0 Å². The molecule has 0 bridgehead atoms. The van der Waals surface area contributed by atoms with Crippen molar-refractivity contribution in [2.75, 3.05) is 7.05 Å². The normalized spacial score (nSPS) is 12.0. The SMILES string of the molecule is CC(c1ccc(F)c(F)c1)N(C)C(=O)c1ccc(F)cc1. The zero-order chi connectivity index (χ0) is 15.6. The topological polar surface area (TPSA) is 20.3 Å². The van der Waals surface area contributed by atoms with Crippen LogP contribution in [0.1, 0.15) is 28.9 Å². The fourth-order valence-electron chi connectivity index (χ4n) is 1.97. The zero-order valence-electron chi connectivity index (χ0n) is 11.6. The van der Waals surface area contributed by atoms with Crippen molar-refractivity contribution in [3.63, 3.8) is 0 Å². The van der Waals surface area contributed by atoms with Gasteiger partial charge >= 0.3 is 0 Å². The number of halogens is 3. The molecule has 1 amide bonds. The monoisotopic (exact) mass is 293 g/mol. The quantitative estimate of drug-likeness (QED) is 0.839. The molecule has 21 heavy (non-hydrogen) atoms. The second-order valence-corrected chi connectivity index (χ2v) is 4.77. The first-order chi connectivity index (χ1) is 9.90. The van der Waals surface area contributed by atoms with E-state index in [9.17, 15) is 18.0 Å². The third-order valence-corrected chi connectivity index (χ3v) is 3.42. The molecule has 2 nitrogen and oxygen atoms in total. The maximum absolute atomic E-state index is 13.3. The van der Waals surface area contributed by atoms with Crippen molar-refractivity contribution in [3.8, 4) is 0 Å². The summed E-state index contributed by atoms with van der Waals surface area (Å²) in [4.78, 5) is 13.6. The van der Waals surface area contributed by atoms with Crippen LogP contribution in [0.15, 0.2) is 42.5 Å². The molecule has 0 fully saturated rings. The van der Waals surface area contributed by atoms with Gasteiger partial charge in [-0.15, -0.1) is 0 Å². The highest BCUT2D eigenvalue weighted by molar-refractivity contribution is 5.94. The summed E-state index contributed by atoms with van der Waals surface area (Å²) < 4.78 is 39.0. The van der Waals surface area contributed by atoms with Crippen LogP contribution < -0.4 is 0 Å². The summed E-state index contributed by atoms with van der Waals surface area (Å²) in [7, 11) is 1.55. The number of nitrogens with zero attached hydrogens (tertiary/aromatic N) is 1. The first kappa shape index (κ1) is 15.1. The summed E-state index contributed by atoms with van der Waals surface area (Å²) in [6.07, 6.45) is 0. The molecule has 0 spiro atoms. The lowest BCUT2D eigenvalue weighted by Gasteiger charge is -2.25. The number of hydrogen-bond donors (Lipinski definition) is 0.